The average Bonchev–Trinajstić information content (AvgIpc) is 3.29. The summed E-state index contributed by atoms with van der Waals surface area (Å²) in [7, 11) is 2.04. The summed E-state index contributed by atoms with van der Waals surface area (Å²) in [6.07, 6.45) is 5.83. The number of piperidine rings is 1. The Morgan fingerprint density at radius 3 is 2.81 bits per heavy atom. The molecule has 140 valence electrons. The van der Waals surface area contributed by atoms with Gasteiger partial charge in [0.15, 0.2) is 0 Å². The van der Waals surface area contributed by atoms with Gasteiger partial charge >= 0.3 is 6.03 Å². The zero-order chi connectivity index (χ0) is 17.9. The van der Waals surface area contributed by atoms with Gasteiger partial charge in [0, 0.05) is 39.1 Å². The number of carbonyl (C=O) groups is 1. The van der Waals surface area contributed by atoms with E-state index in [1.54, 1.807) is 0 Å². The molecule has 2 saturated heterocycles. The van der Waals surface area contributed by atoms with Crippen LogP contribution in [-0.4, -0.2) is 64.1 Å². The van der Waals surface area contributed by atoms with E-state index in [1.165, 1.54) is 32.4 Å². The molecular weight excluding hydrogens is 326 g/mol. The number of benzene rings is 1. The predicted octanol–water partition coefficient (Wildman–Crippen LogP) is 2.39. The van der Waals surface area contributed by atoms with E-state index < -0.39 is 0 Å². The highest BCUT2D eigenvalue weighted by molar-refractivity contribution is 5.76. The molecule has 0 spiro atoms. The summed E-state index contributed by atoms with van der Waals surface area (Å²) in [5, 5.41) is 3.08. The lowest BCUT2D eigenvalue weighted by Crippen LogP contribution is -2.44. The molecule has 26 heavy (non-hydrogen) atoms. The smallest absolute Gasteiger partial charge is 0.317 e. The molecule has 1 N–H and O–H groups in total. The molecule has 2 aliphatic rings. The van der Waals surface area contributed by atoms with Crippen molar-refractivity contribution in [2.45, 2.75) is 38.1 Å². The van der Waals surface area contributed by atoms with Crippen molar-refractivity contribution >= 4 is 17.1 Å². The minimum atomic E-state index is 0.0725. The lowest BCUT2D eigenvalue weighted by Gasteiger charge is -2.32. The summed E-state index contributed by atoms with van der Waals surface area (Å²) in [5.74, 6) is 1.01. The zero-order valence-corrected chi connectivity index (χ0v) is 15.7. The van der Waals surface area contributed by atoms with Crippen LogP contribution >= 0.6 is 0 Å². The second-order valence-electron chi connectivity index (χ2n) is 7.54. The first-order valence-corrected chi connectivity index (χ1v) is 9.89. The Kier molecular flexibility index (Phi) is 5.11. The predicted molar refractivity (Wildman–Crippen MR) is 103 cm³/mol. The Bertz CT molecular complexity index is 765. The molecule has 2 aliphatic heterocycles. The first kappa shape index (κ1) is 17.3. The van der Waals surface area contributed by atoms with E-state index >= 15 is 0 Å². The highest BCUT2D eigenvalue weighted by Crippen LogP contribution is 2.20. The van der Waals surface area contributed by atoms with Crippen molar-refractivity contribution in [1.82, 2.24) is 24.7 Å². The molecule has 1 aromatic heterocycles. The third-order valence-electron chi connectivity index (χ3n) is 5.86. The Labute approximate surface area is 155 Å². The van der Waals surface area contributed by atoms with Crippen molar-refractivity contribution in [3.63, 3.8) is 0 Å². The molecule has 4 rings (SSSR count). The topological polar surface area (TPSA) is 53.4 Å². The van der Waals surface area contributed by atoms with E-state index in [0.29, 0.717) is 12.6 Å². The molecule has 2 aromatic rings. The van der Waals surface area contributed by atoms with E-state index in [1.807, 2.05) is 30.1 Å². The van der Waals surface area contributed by atoms with E-state index in [-0.39, 0.29) is 6.03 Å². The number of aromatic nitrogens is 2. The minimum Gasteiger partial charge on any atom is -0.338 e. The third kappa shape index (κ3) is 3.56. The van der Waals surface area contributed by atoms with Crippen LogP contribution in [0.4, 0.5) is 4.79 Å². The molecule has 0 unspecified atom stereocenters. The van der Waals surface area contributed by atoms with Gasteiger partial charge in [-0.25, -0.2) is 9.78 Å². The van der Waals surface area contributed by atoms with Crippen LogP contribution in [0.5, 0.6) is 0 Å². The van der Waals surface area contributed by atoms with Crippen LogP contribution in [0.3, 0.4) is 0 Å². The average molecular weight is 355 g/mol. The van der Waals surface area contributed by atoms with E-state index in [0.717, 1.165) is 42.8 Å². The van der Waals surface area contributed by atoms with Crippen molar-refractivity contribution in [2.24, 2.45) is 7.05 Å². The summed E-state index contributed by atoms with van der Waals surface area (Å²) in [5.41, 5.74) is 2.15. The molecule has 0 aliphatic carbocycles. The van der Waals surface area contributed by atoms with Gasteiger partial charge in [0.05, 0.1) is 11.0 Å². The molecule has 0 radical (unpaired) electrons. The van der Waals surface area contributed by atoms with Crippen molar-refractivity contribution < 1.29 is 4.79 Å². The van der Waals surface area contributed by atoms with Crippen molar-refractivity contribution in [3.05, 3.63) is 30.1 Å². The Morgan fingerprint density at radius 1 is 1.19 bits per heavy atom. The third-order valence-corrected chi connectivity index (χ3v) is 5.86. The number of hydrogen-bond donors (Lipinski definition) is 1. The van der Waals surface area contributed by atoms with E-state index in [2.05, 4.69) is 25.8 Å². The molecule has 3 heterocycles. The molecule has 1 atom stereocenters. The molecule has 6 nitrogen and oxygen atoms in total. The molecule has 2 fully saturated rings. The van der Waals surface area contributed by atoms with Gasteiger partial charge in [0.2, 0.25) is 0 Å². The number of hydrogen-bond acceptors (Lipinski definition) is 3. The summed E-state index contributed by atoms with van der Waals surface area (Å²) in [4.78, 5) is 21.7. The highest BCUT2D eigenvalue weighted by Gasteiger charge is 2.30. The van der Waals surface area contributed by atoms with Crippen molar-refractivity contribution in [2.75, 3.05) is 32.7 Å². The van der Waals surface area contributed by atoms with Crippen molar-refractivity contribution in [1.29, 1.82) is 0 Å². The van der Waals surface area contributed by atoms with Crippen LogP contribution in [-0.2, 0) is 13.5 Å². The second kappa shape index (κ2) is 7.66. The number of nitrogens with zero attached hydrogens (tertiary/aromatic N) is 4. The fourth-order valence-electron chi connectivity index (χ4n) is 4.32. The standard InChI is InChI=1S/C20H29N5O/c1-23-18-8-4-3-7-17(18)22-19(23)9-11-21-20(26)25-14-10-16(15-25)24-12-5-2-6-13-24/h3-4,7-8,16H,2,5-6,9-15H2,1H3,(H,21,26)/t16-/m1/s1. The fourth-order valence-corrected chi connectivity index (χ4v) is 4.32. The quantitative estimate of drug-likeness (QED) is 0.916. The van der Waals surface area contributed by atoms with Gasteiger partial charge in [0.1, 0.15) is 5.82 Å². The van der Waals surface area contributed by atoms with Crippen LogP contribution in [0.1, 0.15) is 31.5 Å². The number of amides is 2. The minimum absolute atomic E-state index is 0.0725. The van der Waals surface area contributed by atoms with Gasteiger partial charge in [0.25, 0.3) is 0 Å². The summed E-state index contributed by atoms with van der Waals surface area (Å²) < 4.78 is 2.11. The van der Waals surface area contributed by atoms with Gasteiger partial charge in [-0.3, -0.25) is 4.90 Å². The summed E-state index contributed by atoms with van der Waals surface area (Å²) in [6, 6.07) is 8.77. The summed E-state index contributed by atoms with van der Waals surface area (Å²) in [6.45, 7) is 4.78. The highest BCUT2D eigenvalue weighted by atomic mass is 16.2. The lowest BCUT2D eigenvalue weighted by molar-refractivity contribution is 0.161. The van der Waals surface area contributed by atoms with Gasteiger partial charge < -0.3 is 14.8 Å². The number of urea groups is 1. The van der Waals surface area contributed by atoms with Crippen LogP contribution in [0, 0.1) is 0 Å². The fraction of sp³-hybridized carbons (Fsp3) is 0.600. The molecule has 0 saturated carbocycles. The van der Waals surface area contributed by atoms with Gasteiger partial charge in [-0.15, -0.1) is 0 Å². The van der Waals surface area contributed by atoms with Gasteiger partial charge in [-0.1, -0.05) is 18.6 Å². The van der Waals surface area contributed by atoms with Crippen LogP contribution in [0.15, 0.2) is 24.3 Å². The number of aryl methyl sites for hydroxylation is 1. The number of carbonyl (C=O) groups excluding carboxylic acids is 1. The maximum absolute atomic E-state index is 12.5. The van der Waals surface area contributed by atoms with Gasteiger partial charge in [-0.05, 0) is 44.5 Å². The van der Waals surface area contributed by atoms with E-state index in [4.69, 9.17) is 0 Å². The number of imidazole rings is 1. The van der Waals surface area contributed by atoms with Crippen LogP contribution < -0.4 is 5.32 Å². The zero-order valence-electron chi connectivity index (χ0n) is 15.7. The maximum atomic E-state index is 12.5. The Hall–Kier alpha value is -2.08. The number of likely N-dealkylation sites (tertiary alicyclic amines) is 2. The lowest BCUT2D eigenvalue weighted by atomic mass is 10.1. The second-order valence-corrected chi connectivity index (χ2v) is 7.54. The molecule has 0 bridgehead atoms. The largest absolute Gasteiger partial charge is 0.338 e. The first-order valence-electron chi connectivity index (χ1n) is 9.89. The Balaban J connectivity index is 1.27. The summed E-state index contributed by atoms with van der Waals surface area (Å²) >= 11 is 0. The number of para-hydroxylation sites is 2. The van der Waals surface area contributed by atoms with Gasteiger partial charge in [-0.2, -0.15) is 0 Å². The number of fused-ring (bicyclic) bond motifs is 1. The molecule has 1 aromatic carbocycles. The number of nitrogens with one attached hydrogen (secondary N) is 1. The SMILES string of the molecule is Cn1c(CCNC(=O)N2CC[C@@H](N3CCCCC3)C2)nc2ccccc21. The van der Waals surface area contributed by atoms with Crippen molar-refractivity contribution in [3.8, 4) is 0 Å². The van der Waals surface area contributed by atoms with Crippen LogP contribution in [0.25, 0.3) is 11.0 Å². The first-order chi connectivity index (χ1) is 12.7. The van der Waals surface area contributed by atoms with E-state index in [9.17, 15) is 4.79 Å². The normalized spacial score (nSPS) is 21.4. The molecule has 6 heteroatoms. The monoisotopic (exact) mass is 355 g/mol. The Morgan fingerprint density at radius 2 is 2.00 bits per heavy atom. The number of rotatable bonds is 4. The molecule has 2 amide bonds. The van der Waals surface area contributed by atoms with Crippen LogP contribution in [0.2, 0.25) is 0 Å². The molecular formula is C20H29N5O. The maximum Gasteiger partial charge on any atom is 0.317 e.